The molecule has 1 aromatic heterocycles. The van der Waals surface area contributed by atoms with Crippen molar-refractivity contribution in [2.24, 2.45) is 0 Å². The number of halogens is 1. The Morgan fingerprint density at radius 3 is 2.90 bits per heavy atom. The van der Waals surface area contributed by atoms with E-state index in [9.17, 15) is 4.39 Å². The Bertz CT molecular complexity index is 639. The molecular weight excluding hydrogens is 265 g/mol. The second-order valence-electron chi connectivity index (χ2n) is 6.42. The van der Waals surface area contributed by atoms with Gasteiger partial charge in [0.1, 0.15) is 11.3 Å². The average molecular weight is 287 g/mol. The molecule has 1 atom stereocenters. The van der Waals surface area contributed by atoms with E-state index < -0.39 is 0 Å². The first-order chi connectivity index (χ1) is 10.3. The number of aryl methyl sites for hydroxylation is 1. The molecule has 0 bridgehead atoms. The third-order valence-corrected chi connectivity index (χ3v) is 4.78. The number of para-hydroxylation sites is 1. The summed E-state index contributed by atoms with van der Waals surface area (Å²) >= 11 is 0. The standard InChI is InChI=1S/C17H22FN3/c18-14-5-3-6-15-17(14)20-16(21(15)13-8-9-13)10-7-12-4-1-2-11-19-12/h3,5-6,12-13,19H,1-2,4,7-11H2. The van der Waals surface area contributed by atoms with Crippen molar-refractivity contribution in [3.63, 3.8) is 0 Å². The molecule has 21 heavy (non-hydrogen) atoms. The first-order valence-electron chi connectivity index (χ1n) is 8.21. The summed E-state index contributed by atoms with van der Waals surface area (Å²) in [4.78, 5) is 4.62. The van der Waals surface area contributed by atoms with Crippen molar-refractivity contribution >= 4 is 11.0 Å². The van der Waals surface area contributed by atoms with E-state index in [2.05, 4.69) is 14.9 Å². The number of benzene rings is 1. The van der Waals surface area contributed by atoms with E-state index in [0.29, 0.717) is 17.6 Å². The minimum absolute atomic E-state index is 0.191. The maximum atomic E-state index is 14.0. The van der Waals surface area contributed by atoms with Crippen molar-refractivity contribution in [1.82, 2.24) is 14.9 Å². The van der Waals surface area contributed by atoms with Gasteiger partial charge in [-0.1, -0.05) is 12.5 Å². The molecule has 0 spiro atoms. The summed E-state index contributed by atoms with van der Waals surface area (Å²) in [5.41, 5.74) is 1.53. The molecule has 0 radical (unpaired) electrons. The highest BCUT2D eigenvalue weighted by atomic mass is 19.1. The number of fused-ring (bicyclic) bond motifs is 1. The Kier molecular flexibility index (Phi) is 3.42. The predicted molar refractivity (Wildman–Crippen MR) is 81.9 cm³/mol. The number of rotatable bonds is 4. The van der Waals surface area contributed by atoms with Gasteiger partial charge in [0.2, 0.25) is 0 Å². The molecule has 2 fully saturated rings. The van der Waals surface area contributed by atoms with Crippen LogP contribution in [0.3, 0.4) is 0 Å². The van der Waals surface area contributed by atoms with Gasteiger partial charge in [-0.2, -0.15) is 0 Å². The van der Waals surface area contributed by atoms with Crippen molar-refractivity contribution in [3.8, 4) is 0 Å². The Hall–Kier alpha value is -1.42. The zero-order chi connectivity index (χ0) is 14.2. The largest absolute Gasteiger partial charge is 0.325 e. The third-order valence-electron chi connectivity index (χ3n) is 4.78. The summed E-state index contributed by atoms with van der Waals surface area (Å²) in [5, 5.41) is 3.59. The van der Waals surface area contributed by atoms with Crippen LogP contribution in [-0.2, 0) is 6.42 Å². The van der Waals surface area contributed by atoms with Gasteiger partial charge < -0.3 is 9.88 Å². The second kappa shape index (κ2) is 5.41. The number of nitrogens with one attached hydrogen (secondary N) is 1. The summed E-state index contributed by atoms with van der Waals surface area (Å²) in [6, 6.07) is 6.47. The lowest BCUT2D eigenvalue weighted by Crippen LogP contribution is -2.34. The third kappa shape index (κ3) is 2.57. The SMILES string of the molecule is Fc1cccc2c1nc(CCC1CCCCN1)n2C1CC1. The monoisotopic (exact) mass is 287 g/mol. The molecule has 1 unspecified atom stereocenters. The van der Waals surface area contributed by atoms with Gasteiger partial charge in [0, 0.05) is 18.5 Å². The van der Waals surface area contributed by atoms with E-state index in [0.717, 1.165) is 30.7 Å². The lowest BCUT2D eigenvalue weighted by atomic mass is 10.0. The van der Waals surface area contributed by atoms with Crippen LogP contribution < -0.4 is 5.32 Å². The van der Waals surface area contributed by atoms with Crippen LogP contribution in [0.5, 0.6) is 0 Å². The van der Waals surface area contributed by atoms with Crippen LogP contribution in [-0.4, -0.2) is 22.1 Å². The van der Waals surface area contributed by atoms with Gasteiger partial charge in [0.05, 0.1) is 5.52 Å². The molecule has 1 N–H and O–H groups in total. The maximum absolute atomic E-state index is 14.0. The van der Waals surface area contributed by atoms with Gasteiger partial charge in [-0.05, 0) is 50.8 Å². The van der Waals surface area contributed by atoms with Crippen molar-refractivity contribution in [3.05, 3.63) is 29.8 Å². The number of aromatic nitrogens is 2. The molecule has 2 heterocycles. The molecule has 4 rings (SSSR count). The quantitative estimate of drug-likeness (QED) is 0.931. The fourth-order valence-electron chi connectivity index (χ4n) is 3.52. The Morgan fingerprint density at radius 2 is 2.14 bits per heavy atom. The van der Waals surface area contributed by atoms with Crippen LogP contribution in [0.25, 0.3) is 11.0 Å². The van der Waals surface area contributed by atoms with Crippen LogP contribution >= 0.6 is 0 Å². The Balaban J connectivity index is 1.61. The van der Waals surface area contributed by atoms with Gasteiger partial charge >= 0.3 is 0 Å². The van der Waals surface area contributed by atoms with E-state index in [1.807, 2.05) is 6.07 Å². The van der Waals surface area contributed by atoms with Gasteiger partial charge in [-0.25, -0.2) is 9.37 Å². The van der Waals surface area contributed by atoms with E-state index in [1.165, 1.54) is 38.2 Å². The minimum atomic E-state index is -0.191. The van der Waals surface area contributed by atoms with Gasteiger partial charge in [0.15, 0.2) is 5.82 Å². The number of imidazole rings is 1. The van der Waals surface area contributed by atoms with Crippen LogP contribution in [0.1, 0.15) is 50.4 Å². The zero-order valence-corrected chi connectivity index (χ0v) is 12.3. The number of hydrogen-bond donors (Lipinski definition) is 1. The minimum Gasteiger partial charge on any atom is -0.325 e. The van der Waals surface area contributed by atoms with Crippen molar-refractivity contribution in [2.45, 2.75) is 57.0 Å². The fourth-order valence-corrected chi connectivity index (χ4v) is 3.52. The lowest BCUT2D eigenvalue weighted by molar-refractivity contribution is 0.379. The summed E-state index contributed by atoms with van der Waals surface area (Å²) in [6.07, 6.45) is 8.35. The number of hydrogen-bond acceptors (Lipinski definition) is 2. The van der Waals surface area contributed by atoms with Crippen LogP contribution in [0.4, 0.5) is 4.39 Å². The summed E-state index contributed by atoms with van der Waals surface area (Å²) in [5.74, 6) is 0.883. The highest BCUT2D eigenvalue weighted by molar-refractivity contribution is 5.77. The molecule has 3 nitrogen and oxygen atoms in total. The molecule has 4 heteroatoms. The molecule has 2 aromatic rings. The highest BCUT2D eigenvalue weighted by Crippen LogP contribution is 2.39. The molecule has 1 aromatic carbocycles. The molecule has 1 saturated carbocycles. The predicted octanol–water partition coefficient (Wildman–Crippen LogP) is 3.59. The smallest absolute Gasteiger partial charge is 0.151 e. The first kappa shape index (κ1) is 13.3. The first-order valence-corrected chi connectivity index (χ1v) is 8.21. The molecule has 0 amide bonds. The highest BCUT2D eigenvalue weighted by Gasteiger charge is 2.29. The van der Waals surface area contributed by atoms with Gasteiger partial charge in [-0.3, -0.25) is 0 Å². The van der Waals surface area contributed by atoms with Crippen LogP contribution in [0, 0.1) is 5.82 Å². The summed E-state index contributed by atoms with van der Waals surface area (Å²) < 4.78 is 16.3. The lowest BCUT2D eigenvalue weighted by Gasteiger charge is -2.23. The zero-order valence-electron chi connectivity index (χ0n) is 12.3. The molecule has 112 valence electrons. The van der Waals surface area contributed by atoms with Crippen molar-refractivity contribution in [2.75, 3.05) is 6.54 Å². The number of piperidine rings is 1. The molecule has 1 aliphatic carbocycles. The van der Waals surface area contributed by atoms with Crippen molar-refractivity contribution < 1.29 is 4.39 Å². The Labute approximate surface area is 124 Å². The van der Waals surface area contributed by atoms with Gasteiger partial charge in [0.25, 0.3) is 0 Å². The van der Waals surface area contributed by atoms with Crippen molar-refractivity contribution in [1.29, 1.82) is 0 Å². The van der Waals surface area contributed by atoms with Crippen LogP contribution in [0.2, 0.25) is 0 Å². The van der Waals surface area contributed by atoms with E-state index in [1.54, 1.807) is 6.07 Å². The summed E-state index contributed by atoms with van der Waals surface area (Å²) in [6.45, 7) is 1.14. The molecule has 1 aliphatic heterocycles. The normalized spacial score (nSPS) is 22.8. The van der Waals surface area contributed by atoms with E-state index >= 15 is 0 Å². The maximum Gasteiger partial charge on any atom is 0.151 e. The summed E-state index contributed by atoms with van der Waals surface area (Å²) in [7, 11) is 0. The topological polar surface area (TPSA) is 29.9 Å². The van der Waals surface area contributed by atoms with E-state index in [-0.39, 0.29) is 5.82 Å². The second-order valence-corrected chi connectivity index (χ2v) is 6.42. The van der Waals surface area contributed by atoms with Crippen LogP contribution in [0.15, 0.2) is 18.2 Å². The molecule has 1 saturated heterocycles. The number of nitrogens with zero attached hydrogens (tertiary/aromatic N) is 2. The Morgan fingerprint density at radius 1 is 1.24 bits per heavy atom. The van der Waals surface area contributed by atoms with Gasteiger partial charge in [-0.15, -0.1) is 0 Å². The molecule has 2 aliphatic rings. The van der Waals surface area contributed by atoms with E-state index in [4.69, 9.17) is 0 Å². The molecular formula is C17H22FN3. The fraction of sp³-hybridized carbons (Fsp3) is 0.588. The average Bonchev–Trinajstić information content (AvgIpc) is 3.27.